The zero-order valence-electron chi connectivity index (χ0n) is 14.3. The van der Waals surface area contributed by atoms with E-state index >= 15 is 0 Å². The molecule has 0 heterocycles. The molecule has 1 fully saturated rings. The van der Waals surface area contributed by atoms with Crippen molar-refractivity contribution in [3.05, 3.63) is 34.9 Å². The molecule has 1 aromatic carbocycles. The summed E-state index contributed by atoms with van der Waals surface area (Å²) in [5.41, 5.74) is 5.06. The van der Waals surface area contributed by atoms with Gasteiger partial charge in [0.25, 0.3) is 0 Å². The molecule has 0 aromatic heterocycles. The molecule has 0 heteroatoms. The Hall–Kier alpha value is -0.780. The minimum atomic E-state index is 0.959. The van der Waals surface area contributed by atoms with Gasteiger partial charge in [-0.25, -0.2) is 0 Å². The van der Waals surface area contributed by atoms with Crippen LogP contribution in [-0.2, 0) is 19.3 Å². The molecule has 1 aromatic rings. The van der Waals surface area contributed by atoms with Crippen LogP contribution in [0.5, 0.6) is 0 Å². The van der Waals surface area contributed by atoms with Crippen molar-refractivity contribution >= 4 is 0 Å². The Bertz CT molecular complexity index is 398. The fourth-order valence-electron chi connectivity index (χ4n) is 3.86. The second-order valence-electron chi connectivity index (χ2n) is 6.97. The lowest BCUT2D eigenvalue weighted by Gasteiger charge is -2.24. The molecule has 0 radical (unpaired) electrons. The maximum absolute atomic E-state index is 2.43. The first-order valence-corrected chi connectivity index (χ1v) is 9.44. The normalized spacial score (nSPS) is 16.3. The summed E-state index contributed by atoms with van der Waals surface area (Å²) < 4.78 is 0. The Morgan fingerprint density at radius 2 is 1.52 bits per heavy atom. The molecule has 0 N–H and O–H groups in total. The molecular weight excluding hydrogens is 252 g/mol. The summed E-state index contributed by atoms with van der Waals surface area (Å²) in [6.07, 6.45) is 16.6. The third-order valence-corrected chi connectivity index (χ3v) is 5.18. The molecule has 0 aliphatic heterocycles. The lowest BCUT2D eigenvalue weighted by Crippen LogP contribution is -2.11. The highest BCUT2D eigenvalue weighted by molar-refractivity contribution is 5.36. The predicted molar refractivity (Wildman–Crippen MR) is 93.9 cm³/mol. The monoisotopic (exact) mass is 286 g/mol. The van der Waals surface area contributed by atoms with Gasteiger partial charge >= 0.3 is 0 Å². The van der Waals surface area contributed by atoms with E-state index < -0.39 is 0 Å². The van der Waals surface area contributed by atoms with Crippen molar-refractivity contribution in [2.75, 3.05) is 0 Å². The van der Waals surface area contributed by atoms with Crippen LogP contribution in [0, 0.1) is 5.92 Å². The van der Waals surface area contributed by atoms with E-state index in [1.165, 1.54) is 77.0 Å². The fraction of sp³-hybridized carbons (Fsp3) is 0.714. The minimum absolute atomic E-state index is 0.959. The number of unbranched alkanes of at least 4 members (excludes halogenated alkanes) is 2. The van der Waals surface area contributed by atoms with Crippen molar-refractivity contribution in [2.24, 2.45) is 5.92 Å². The third-order valence-electron chi connectivity index (χ3n) is 5.18. The predicted octanol–water partition coefficient (Wildman–Crippen LogP) is 6.49. The van der Waals surface area contributed by atoms with Gasteiger partial charge in [0.2, 0.25) is 0 Å². The molecule has 1 saturated carbocycles. The van der Waals surface area contributed by atoms with E-state index in [9.17, 15) is 0 Å². The van der Waals surface area contributed by atoms with E-state index in [1.54, 1.807) is 16.7 Å². The van der Waals surface area contributed by atoms with Gasteiger partial charge in [-0.2, -0.15) is 0 Å². The van der Waals surface area contributed by atoms with Gasteiger partial charge < -0.3 is 0 Å². The van der Waals surface area contributed by atoms with Crippen LogP contribution in [0.25, 0.3) is 0 Å². The standard InChI is InChI=1S/C21H34/c1-3-5-13-19-14-10-15-20(21(19)16-6-4-2)17-18-11-8-7-9-12-18/h10,14-15,18H,3-9,11-13,16-17H2,1-2H3. The van der Waals surface area contributed by atoms with Gasteiger partial charge in [0.1, 0.15) is 0 Å². The van der Waals surface area contributed by atoms with Gasteiger partial charge in [-0.05, 0) is 54.7 Å². The summed E-state index contributed by atoms with van der Waals surface area (Å²) >= 11 is 0. The lowest BCUT2D eigenvalue weighted by atomic mass is 9.82. The van der Waals surface area contributed by atoms with Crippen LogP contribution >= 0.6 is 0 Å². The first-order chi connectivity index (χ1) is 10.3. The quantitative estimate of drug-likeness (QED) is 0.512. The molecule has 21 heavy (non-hydrogen) atoms. The maximum Gasteiger partial charge on any atom is -0.0248 e. The highest BCUT2D eigenvalue weighted by Gasteiger charge is 2.16. The van der Waals surface area contributed by atoms with Crippen molar-refractivity contribution in [1.82, 2.24) is 0 Å². The van der Waals surface area contributed by atoms with Crippen LogP contribution in [-0.4, -0.2) is 0 Å². The molecule has 0 spiro atoms. The molecule has 0 amide bonds. The van der Waals surface area contributed by atoms with Crippen LogP contribution in [0.4, 0.5) is 0 Å². The SMILES string of the molecule is CCCCc1cccc(CC2CCCCC2)c1CCCC. The van der Waals surface area contributed by atoms with Crippen molar-refractivity contribution in [3.63, 3.8) is 0 Å². The van der Waals surface area contributed by atoms with Crippen molar-refractivity contribution in [2.45, 2.75) is 90.9 Å². The molecule has 0 unspecified atom stereocenters. The summed E-state index contributed by atoms with van der Waals surface area (Å²) in [6.45, 7) is 4.62. The second kappa shape index (κ2) is 9.28. The topological polar surface area (TPSA) is 0 Å². The van der Waals surface area contributed by atoms with Crippen molar-refractivity contribution in [3.8, 4) is 0 Å². The number of benzene rings is 1. The fourth-order valence-corrected chi connectivity index (χ4v) is 3.86. The zero-order chi connectivity index (χ0) is 14.9. The number of rotatable bonds is 8. The average molecular weight is 287 g/mol. The van der Waals surface area contributed by atoms with Crippen LogP contribution in [0.3, 0.4) is 0 Å². The van der Waals surface area contributed by atoms with E-state index in [2.05, 4.69) is 32.0 Å². The highest BCUT2D eigenvalue weighted by Crippen LogP contribution is 2.29. The molecular formula is C21H34. The van der Waals surface area contributed by atoms with E-state index in [-0.39, 0.29) is 0 Å². The molecule has 1 aliphatic rings. The molecule has 0 saturated heterocycles. The third kappa shape index (κ3) is 5.16. The molecule has 2 rings (SSSR count). The van der Waals surface area contributed by atoms with Gasteiger partial charge in [0.05, 0.1) is 0 Å². The van der Waals surface area contributed by atoms with Gasteiger partial charge in [-0.3, -0.25) is 0 Å². The summed E-state index contributed by atoms with van der Waals surface area (Å²) in [5.74, 6) is 0.959. The highest BCUT2D eigenvalue weighted by atomic mass is 14.2. The minimum Gasteiger partial charge on any atom is -0.0654 e. The van der Waals surface area contributed by atoms with Gasteiger partial charge in [-0.1, -0.05) is 77.0 Å². The summed E-state index contributed by atoms with van der Waals surface area (Å²) in [7, 11) is 0. The van der Waals surface area contributed by atoms with Gasteiger partial charge in [-0.15, -0.1) is 0 Å². The number of aryl methyl sites for hydroxylation is 1. The maximum atomic E-state index is 2.43. The van der Waals surface area contributed by atoms with E-state index in [0.29, 0.717) is 0 Å². The molecule has 0 atom stereocenters. The van der Waals surface area contributed by atoms with Crippen LogP contribution in [0.2, 0.25) is 0 Å². The van der Waals surface area contributed by atoms with Crippen molar-refractivity contribution in [1.29, 1.82) is 0 Å². The molecule has 0 nitrogen and oxygen atoms in total. The molecule has 1 aliphatic carbocycles. The second-order valence-corrected chi connectivity index (χ2v) is 6.97. The Kier molecular flexibility index (Phi) is 7.33. The Morgan fingerprint density at radius 3 is 2.24 bits per heavy atom. The zero-order valence-corrected chi connectivity index (χ0v) is 14.3. The van der Waals surface area contributed by atoms with E-state index in [4.69, 9.17) is 0 Å². The van der Waals surface area contributed by atoms with E-state index in [1.807, 2.05) is 0 Å². The first-order valence-electron chi connectivity index (χ1n) is 9.44. The van der Waals surface area contributed by atoms with Gasteiger partial charge in [0.15, 0.2) is 0 Å². The van der Waals surface area contributed by atoms with Crippen LogP contribution in [0.15, 0.2) is 18.2 Å². The summed E-state index contributed by atoms with van der Waals surface area (Å²) in [5, 5.41) is 0. The summed E-state index contributed by atoms with van der Waals surface area (Å²) in [6, 6.07) is 7.14. The Balaban J connectivity index is 2.12. The lowest BCUT2D eigenvalue weighted by molar-refractivity contribution is 0.356. The van der Waals surface area contributed by atoms with E-state index in [0.717, 1.165) is 5.92 Å². The van der Waals surface area contributed by atoms with Crippen LogP contribution < -0.4 is 0 Å². The largest absolute Gasteiger partial charge is 0.0654 e. The van der Waals surface area contributed by atoms with Crippen molar-refractivity contribution < 1.29 is 0 Å². The van der Waals surface area contributed by atoms with Crippen LogP contribution in [0.1, 0.15) is 88.3 Å². The molecule has 0 bridgehead atoms. The Labute approximate surface area is 132 Å². The smallest absolute Gasteiger partial charge is 0.0248 e. The first kappa shape index (κ1) is 16.6. The molecule has 118 valence electrons. The van der Waals surface area contributed by atoms with Gasteiger partial charge in [0, 0.05) is 0 Å². The summed E-state index contributed by atoms with van der Waals surface area (Å²) in [4.78, 5) is 0. The number of hydrogen-bond donors (Lipinski definition) is 0. The Morgan fingerprint density at radius 1 is 0.857 bits per heavy atom. The number of hydrogen-bond acceptors (Lipinski definition) is 0. The average Bonchev–Trinajstić information content (AvgIpc) is 2.53.